The fraction of sp³-hybridized carbons (Fsp3) is 1.00. The Morgan fingerprint density at radius 2 is 2.36 bits per heavy atom. The molecule has 3 atom stereocenters. The zero-order valence-corrected chi connectivity index (χ0v) is 9.00. The summed E-state index contributed by atoms with van der Waals surface area (Å²) in [5.74, 6) is 0.718. The number of hydrogen-bond acceptors (Lipinski definition) is 3. The molecule has 3 nitrogen and oxygen atoms in total. The Labute approximate surface area is 86.2 Å². The van der Waals surface area contributed by atoms with Crippen LogP contribution in [0.5, 0.6) is 0 Å². The minimum atomic E-state index is 0.512. The summed E-state index contributed by atoms with van der Waals surface area (Å²) in [4.78, 5) is 0. The third-order valence-corrected chi connectivity index (χ3v) is 3.36. The Kier molecular flexibility index (Phi) is 3.79. The van der Waals surface area contributed by atoms with Crippen LogP contribution in [0.15, 0.2) is 0 Å². The monoisotopic (exact) mass is 199 g/mol. The highest BCUT2D eigenvalue weighted by molar-refractivity contribution is 4.86. The smallest absolute Gasteiger partial charge is 0.0616 e. The molecule has 82 valence electrons. The van der Waals surface area contributed by atoms with Gasteiger partial charge in [-0.15, -0.1) is 0 Å². The average molecular weight is 199 g/mol. The van der Waals surface area contributed by atoms with E-state index in [9.17, 15) is 0 Å². The molecule has 1 N–H and O–H groups in total. The van der Waals surface area contributed by atoms with Crippen LogP contribution in [0, 0.1) is 5.92 Å². The molecule has 0 bridgehead atoms. The van der Waals surface area contributed by atoms with Gasteiger partial charge in [0.15, 0.2) is 0 Å². The van der Waals surface area contributed by atoms with Crippen LogP contribution in [0.2, 0.25) is 0 Å². The average Bonchev–Trinajstić information content (AvgIpc) is 2.68. The van der Waals surface area contributed by atoms with Crippen molar-refractivity contribution in [1.29, 1.82) is 0 Å². The van der Waals surface area contributed by atoms with Gasteiger partial charge in [-0.2, -0.15) is 0 Å². The third-order valence-electron chi connectivity index (χ3n) is 3.36. The second-order valence-corrected chi connectivity index (χ2v) is 4.46. The molecule has 0 saturated carbocycles. The van der Waals surface area contributed by atoms with Gasteiger partial charge >= 0.3 is 0 Å². The van der Waals surface area contributed by atoms with Gasteiger partial charge in [-0.05, 0) is 31.6 Å². The third kappa shape index (κ3) is 2.47. The molecule has 0 aromatic heterocycles. The maximum absolute atomic E-state index is 5.81. The predicted molar refractivity (Wildman–Crippen MR) is 55.4 cm³/mol. The van der Waals surface area contributed by atoms with Crippen molar-refractivity contribution >= 4 is 0 Å². The SMILES string of the molecule is COCC1CC(C2CCCCO2)CN1. The van der Waals surface area contributed by atoms with Crippen LogP contribution in [0.4, 0.5) is 0 Å². The molecule has 0 aliphatic carbocycles. The van der Waals surface area contributed by atoms with Gasteiger partial charge in [0.05, 0.1) is 12.7 Å². The van der Waals surface area contributed by atoms with Gasteiger partial charge in [0.2, 0.25) is 0 Å². The minimum Gasteiger partial charge on any atom is -0.383 e. The Bertz CT molecular complexity index is 169. The molecule has 0 amide bonds. The summed E-state index contributed by atoms with van der Waals surface area (Å²) >= 11 is 0. The first-order valence-corrected chi connectivity index (χ1v) is 5.74. The van der Waals surface area contributed by atoms with Crippen LogP contribution in [0.25, 0.3) is 0 Å². The molecule has 2 aliphatic heterocycles. The van der Waals surface area contributed by atoms with E-state index in [1.165, 1.54) is 25.7 Å². The minimum absolute atomic E-state index is 0.512. The first kappa shape index (κ1) is 10.4. The van der Waals surface area contributed by atoms with Gasteiger partial charge in [0, 0.05) is 26.3 Å². The van der Waals surface area contributed by atoms with E-state index in [2.05, 4.69) is 5.32 Å². The molecular formula is C11H21NO2. The molecule has 2 aliphatic rings. The van der Waals surface area contributed by atoms with Gasteiger partial charge in [-0.3, -0.25) is 0 Å². The van der Waals surface area contributed by atoms with Crippen molar-refractivity contribution in [2.75, 3.05) is 26.9 Å². The Balaban J connectivity index is 1.76. The second kappa shape index (κ2) is 5.10. The predicted octanol–water partition coefficient (Wildman–Crippen LogP) is 1.18. The van der Waals surface area contributed by atoms with E-state index in [-0.39, 0.29) is 0 Å². The normalized spacial score (nSPS) is 38.8. The fourth-order valence-corrected chi connectivity index (χ4v) is 2.60. The van der Waals surface area contributed by atoms with E-state index >= 15 is 0 Å². The molecule has 2 saturated heterocycles. The van der Waals surface area contributed by atoms with E-state index in [4.69, 9.17) is 9.47 Å². The maximum Gasteiger partial charge on any atom is 0.0616 e. The number of methoxy groups -OCH3 is 1. The highest BCUT2D eigenvalue weighted by atomic mass is 16.5. The van der Waals surface area contributed by atoms with Crippen LogP contribution < -0.4 is 5.32 Å². The van der Waals surface area contributed by atoms with Gasteiger partial charge in [-0.1, -0.05) is 0 Å². The van der Waals surface area contributed by atoms with E-state index in [1.54, 1.807) is 7.11 Å². The summed E-state index contributed by atoms with van der Waals surface area (Å²) < 4.78 is 11.0. The van der Waals surface area contributed by atoms with Crippen molar-refractivity contribution in [3.63, 3.8) is 0 Å². The summed E-state index contributed by atoms with van der Waals surface area (Å²) in [6.07, 6.45) is 5.58. The van der Waals surface area contributed by atoms with Gasteiger partial charge < -0.3 is 14.8 Å². The molecule has 0 spiro atoms. The number of nitrogens with one attached hydrogen (secondary N) is 1. The van der Waals surface area contributed by atoms with Crippen LogP contribution in [-0.4, -0.2) is 39.0 Å². The van der Waals surface area contributed by atoms with Crippen molar-refractivity contribution in [3.8, 4) is 0 Å². The molecule has 2 heterocycles. The molecule has 0 aromatic rings. The Hall–Kier alpha value is -0.120. The van der Waals surface area contributed by atoms with E-state index < -0.39 is 0 Å². The highest BCUT2D eigenvalue weighted by Gasteiger charge is 2.31. The first-order chi connectivity index (χ1) is 6.90. The summed E-state index contributed by atoms with van der Waals surface area (Å²) in [6, 6.07) is 0.551. The van der Waals surface area contributed by atoms with Crippen molar-refractivity contribution in [3.05, 3.63) is 0 Å². The highest BCUT2D eigenvalue weighted by Crippen LogP contribution is 2.26. The van der Waals surface area contributed by atoms with Gasteiger partial charge in [0.25, 0.3) is 0 Å². The lowest BCUT2D eigenvalue weighted by atomic mass is 9.93. The summed E-state index contributed by atoms with van der Waals surface area (Å²) in [6.45, 7) is 2.91. The molecular weight excluding hydrogens is 178 g/mol. The largest absolute Gasteiger partial charge is 0.383 e. The quantitative estimate of drug-likeness (QED) is 0.740. The topological polar surface area (TPSA) is 30.5 Å². The lowest BCUT2D eigenvalue weighted by molar-refractivity contribution is -0.0168. The van der Waals surface area contributed by atoms with E-state index in [1.807, 2.05) is 0 Å². The molecule has 14 heavy (non-hydrogen) atoms. The summed E-state index contributed by atoms with van der Waals surface area (Å²) in [5.41, 5.74) is 0. The zero-order valence-electron chi connectivity index (χ0n) is 9.00. The van der Waals surface area contributed by atoms with Crippen molar-refractivity contribution < 1.29 is 9.47 Å². The standard InChI is InChI=1S/C11H21NO2/c1-13-8-10-6-9(7-12-10)11-4-2-3-5-14-11/h9-12H,2-8H2,1H3. The molecule has 0 radical (unpaired) electrons. The van der Waals surface area contributed by atoms with Crippen LogP contribution >= 0.6 is 0 Å². The summed E-state index contributed by atoms with van der Waals surface area (Å²) in [7, 11) is 1.77. The molecule has 0 aromatic carbocycles. The molecule has 3 heteroatoms. The Morgan fingerprint density at radius 3 is 3.07 bits per heavy atom. The number of rotatable bonds is 3. The van der Waals surface area contributed by atoms with Crippen molar-refractivity contribution in [2.24, 2.45) is 5.92 Å². The van der Waals surface area contributed by atoms with E-state index in [0.29, 0.717) is 12.1 Å². The lowest BCUT2D eigenvalue weighted by Gasteiger charge is -2.27. The zero-order chi connectivity index (χ0) is 9.80. The fourth-order valence-electron chi connectivity index (χ4n) is 2.60. The maximum atomic E-state index is 5.81. The number of ether oxygens (including phenoxy) is 2. The molecule has 2 fully saturated rings. The van der Waals surface area contributed by atoms with Crippen molar-refractivity contribution in [1.82, 2.24) is 5.32 Å². The van der Waals surface area contributed by atoms with E-state index in [0.717, 1.165) is 25.7 Å². The molecule has 3 unspecified atom stereocenters. The Morgan fingerprint density at radius 1 is 1.43 bits per heavy atom. The van der Waals surface area contributed by atoms with Gasteiger partial charge in [-0.25, -0.2) is 0 Å². The number of hydrogen-bond donors (Lipinski definition) is 1. The molecule has 2 rings (SSSR count). The van der Waals surface area contributed by atoms with Crippen LogP contribution in [-0.2, 0) is 9.47 Å². The van der Waals surface area contributed by atoms with Crippen molar-refractivity contribution in [2.45, 2.75) is 37.8 Å². The van der Waals surface area contributed by atoms with Gasteiger partial charge in [0.1, 0.15) is 0 Å². The first-order valence-electron chi connectivity index (χ1n) is 5.74. The summed E-state index contributed by atoms with van der Waals surface area (Å²) in [5, 5.41) is 3.50. The van der Waals surface area contributed by atoms with Crippen LogP contribution in [0.3, 0.4) is 0 Å². The lowest BCUT2D eigenvalue weighted by Crippen LogP contribution is -2.29. The van der Waals surface area contributed by atoms with Crippen LogP contribution in [0.1, 0.15) is 25.7 Å². The second-order valence-electron chi connectivity index (χ2n) is 4.46.